The third kappa shape index (κ3) is 5.22. The molecular formula is C19H20F2N5O4S+. The molecule has 9 nitrogen and oxygen atoms in total. The molecule has 4 N–H and O–H groups in total. The zero-order valence-electron chi connectivity index (χ0n) is 16.2. The van der Waals surface area contributed by atoms with Gasteiger partial charge < -0.3 is 20.4 Å². The molecule has 0 saturated carbocycles. The average Bonchev–Trinajstić information content (AvgIpc) is 3.25. The molecule has 0 saturated heterocycles. The maximum absolute atomic E-state index is 14.8. The first-order valence-corrected chi connectivity index (χ1v) is 9.73. The minimum Gasteiger partial charge on any atom is -0.393 e. The number of hydrogen-bond donors (Lipinski definition) is 4. The number of quaternary nitrogens is 1. The molecule has 0 radical (unpaired) electrons. The van der Waals surface area contributed by atoms with E-state index in [4.69, 9.17) is 17.3 Å². The number of amides is 1. The van der Waals surface area contributed by atoms with E-state index >= 15 is 0 Å². The van der Waals surface area contributed by atoms with Gasteiger partial charge in [-0.1, -0.05) is 23.4 Å². The number of nitrogens with one attached hydrogen (secondary N) is 2. The summed E-state index contributed by atoms with van der Waals surface area (Å²) >= 11 is 4.73. The first-order valence-electron chi connectivity index (χ1n) is 9.32. The van der Waals surface area contributed by atoms with Crippen LogP contribution in [-0.2, 0) is 9.59 Å². The number of thiocarbonyl (C=S) groups is 1. The number of hydrogen-bond acceptors (Lipinski definition) is 7. The van der Waals surface area contributed by atoms with Crippen molar-refractivity contribution in [2.24, 2.45) is 10.3 Å². The molecule has 31 heavy (non-hydrogen) atoms. The number of halogens is 2. The quantitative estimate of drug-likeness (QED) is 0.336. The number of nitrogens with zero attached hydrogens (tertiary/aromatic N) is 3. The summed E-state index contributed by atoms with van der Waals surface area (Å²) in [6.45, 7) is -0.307. The van der Waals surface area contributed by atoms with Crippen LogP contribution in [0.25, 0.3) is 5.57 Å². The van der Waals surface area contributed by atoms with Crippen LogP contribution in [0.5, 0.6) is 0 Å². The summed E-state index contributed by atoms with van der Waals surface area (Å²) in [5.41, 5.74) is 0.880. The van der Waals surface area contributed by atoms with Crippen molar-refractivity contribution in [2.45, 2.75) is 12.5 Å². The Morgan fingerprint density at radius 3 is 2.68 bits per heavy atom. The fourth-order valence-electron chi connectivity index (χ4n) is 3.19. The monoisotopic (exact) mass is 452 g/mol. The van der Waals surface area contributed by atoms with Gasteiger partial charge >= 0.3 is 0 Å². The lowest BCUT2D eigenvalue weighted by molar-refractivity contribution is -0.784. The van der Waals surface area contributed by atoms with Crippen LogP contribution in [-0.4, -0.2) is 64.6 Å². The standard InChI is InChI=1S/C19H19F2N5O4S/c20-14-5-13(26-8-12(23-24-26)7-22-17(31)10-28)6-15(21)18(14)11-1-3-25(4-2-11)19(30)16(29)9-27/h1,5-6,8,10,16,27,29H,2-4,7,9H2,(H,22,31)/p+1/t16-/m0/s1. The topological polar surface area (TPSA) is 119 Å². The van der Waals surface area contributed by atoms with E-state index in [2.05, 4.69) is 15.7 Å². The summed E-state index contributed by atoms with van der Waals surface area (Å²) in [6.07, 6.45) is 2.22. The Bertz CT molecular complexity index is 975. The molecule has 164 valence electrons. The van der Waals surface area contributed by atoms with E-state index in [-0.39, 0.29) is 47.3 Å². The molecule has 1 amide bonds. The minimum atomic E-state index is -1.51. The Balaban J connectivity index is 1.73. The number of aldehydes is 1. The van der Waals surface area contributed by atoms with Gasteiger partial charge in [0.05, 0.1) is 13.2 Å². The van der Waals surface area contributed by atoms with Gasteiger partial charge in [0.1, 0.15) is 22.3 Å². The molecule has 2 atom stereocenters. The highest BCUT2D eigenvalue weighted by atomic mass is 32.1. The van der Waals surface area contributed by atoms with Crippen molar-refractivity contribution in [2.75, 3.05) is 26.2 Å². The molecule has 1 aromatic rings. The number of carbonyl (C=O) groups is 2. The second-order valence-electron chi connectivity index (χ2n) is 6.83. The van der Waals surface area contributed by atoms with Crippen LogP contribution in [0.3, 0.4) is 0 Å². The predicted octanol–water partition coefficient (Wildman–Crippen LogP) is -0.212. The summed E-state index contributed by atoms with van der Waals surface area (Å²) in [6, 6.07) is 2.31. The van der Waals surface area contributed by atoms with Crippen LogP contribution < -0.4 is 10.3 Å². The molecule has 0 bridgehead atoms. The molecule has 2 aliphatic heterocycles. The van der Waals surface area contributed by atoms with Crippen LogP contribution in [0, 0.1) is 11.6 Å². The molecule has 0 aromatic heterocycles. The minimum absolute atomic E-state index is 0.0119. The molecule has 0 aliphatic carbocycles. The van der Waals surface area contributed by atoms with Crippen molar-refractivity contribution < 1.29 is 33.6 Å². The number of benzene rings is 1. The van der Waals surface area contributed by atoms with E-state index in [9.17, 15) is 23.5 Å². The summed E-state index contributed by atoms with van der Waals surface area (Å²) in [7, 11) is 0. The van der Waals surface area contributed by atoms with Crippen LogP contribution >= 0.6 is 12.2 Å². The Kier molecular flexibility index (Phi) is 7.28. The van der Waals surface area contributed by atoms with Crippen molar-refractivity contribution >= 4 is 40.7 Å². The number of carbonyl (C=O) groups excluding carboxylic acids is 2. The van der Waals surface area contributed by atoms with Crippen molar-refractivity contribution in [3.8, 4) is 0 Å². The zero-order valence-corrected chi connectivity index (χ0v) is 17.0. The number of aliphatic hydroxyl groups excluding tert-OH is 2. The molecule has 2 aliphatic rings. The van der Waals surface area contributed by atoms with Gasteiger partial charge in [0.2, 0.25) is 0 Å². The number of rotatable bonds is 7. The molecule has 1 aromatic carbocycles. The zero-order chi connectivity index (χ0) is 22.5. The third-order valence-electron chi connectivity index (χ3n) is 4.78. The SMILES string of the molecule is O=CC(=S)NCC1=C[NH+](c2cc(F)c(C3=CCN(C(=O)[C@@H](O)CO)CC3)c(F)c2)N=N1. The fraction of sp³-hybridized carbons (Fsp3) is 0.316. The predicted molar refractivity (Wildman–Crippen MR) is 109 cm³/mol. The average molecular weight is 452 g/mol. The lowest BCUT2D eigenvalue weighted by Crippen LogP contribution is -2.96. The Morgan fingerprint density at radius 2 is 2.10 bits per heavy atom. The molecule has 0 spiro atoms. The first-order chi connectivity index (χ1) is 14.8. The second kappa shape index (κ2) is 9.92. The van der Waals surface area contributed by atoms with Crippen LogP contribution in [0.2, 0.25) is 0 Å². The number of aliphatic hydroxyl groups is 2. The Hall–Kier alpha value is -2.93. The van der Waals surface area contributed by atoms with Crippen LogP contribution in [0.15, 0.2) is 40.4 Å². The van der Waals surface area contributed by atoms with Crippen molar-refractivity contribution in [1.29, 1.82) is 0 Å². The van der Waals surface area contributed by atoms with E-state index in [0.29, 0.717) is 17.6 Å². The Morgan fingerprint density at radius 1 is 1.39 bits per heavy atom. The van der Waals surface area contributed by atoms with Gasteiger partial charge in [0.15, 0.2) is 24.3 Å². The maximum Gasteiger partial charge on any atom is 0.254 e. The van der Waals surface area contributed by atoms with Crippen molar-refractivity contribution in [3.63, 3.8) is 0 Å². The summed E-state index contributed by atoms with van der Waals surface area (Å²) in [5.74, 6) is -2.19. The molecule has 1 unspecified atom stereocenters. The second-order valence-corrected chi connectivity index (χ2v) is 7.27. The Labute approximate surface area is 181 Å². The van der Waals surface area contributed by atoms with Gasteiger partial charge in [-0.25, -0.2) is 8.78 Å². The lowest BCUT2D eigenvalue weighted by Gasteiger charge is -2.28. The summed E-state index contributed by atoms with van der Waals surface area (Å²) in [4.78, 5) is 23.7. The first kappa shape index (κ1) is 22.7. The molecule has 2 heterocycles. The third-order valence-corrected chi connectivity index (χ3v) is 5.02. The van der Waals surface area contributed by atoms with Crippen molar-refractivity contribution in [3.05, 3.63) is 47.3 Å². The van der Waals surface area contributed by atoms with Gasteiger partial charge in [-0.2, -0.15) is 0 Å². The molecule has 0 fully saturated rings. The largest absolute Gasteiger partial charge is 0.393 e. The van der Waals surface area contributed by atoms with Gasteiger partial charge in [-0.05, 0) is 12.0 Å². The van der Waals surface area contributed by atoms with Crippen LogP contribution in [0.4, 0.5) is 14.5 Å². The van der Waals surface area contributed by atoms with E-state index in [1.807, 2.05) is 0 Å². The fourth-order valence-corrected chi connectivity index (χ4v) is 3.27. The van der Waals surface area contributed by atoms with Gasteiger partial charge in [-0.3, -0.25) is 9.59 Å². The van der Waals surface area contributed by atoms with E-state index < -0.39 is 30.3 Å². The van der Waals surface area contributed by atoms with Crippen LogP contribution in [0.1, 0.15) is 12.0 Å². The summed E-state index contributed by atoms with van der Waals surface area (Å²) in [5, 5.41) is 29.1. The van der Waals surface area contributed by atoms with Gasteiger partial charge in [0.25, 0.3) is 5.91 Å². The highest BCUT2D eigenvalue weighted by Crippen LogP contribution is 2.29. The highest BCUT2D eigenvalue weighted by Gasteiger charge is 2.27. The van der Waals surface area contributed by atoms with E-state index in [0.717, 1.165) is 12.1 Å². The van der Waals surface area contributed by atoms with E-state index in [1.54, 1.807) is 0 Å². The lowest BCUT2D eigenvalue weighted by atomic mass is 9.97. The van der Waals surface area contributed by atoms with E-state index in [1.165, 1.54) is 17.2 Å². The normalized spacial score (nSPS) is 19.0. The van der Waals surface area contributed by atoms with Gasteiger partial charge in [-0.15, -0.1) is 5.01 Å². The highest BCUT2D eigenvalue weighted by molar-refractivity contribution is 7.81. The smallest absolute Gasteiger partial charge is 0.254 e. The van der Waals surface area contributed by atoms with Gasteiger partial charge in [0, 0.05) is 36.0 Å². The molecule has 12 heteroatoms. The molecule has 3 rings (SSSR count). The summed E-state index contributed by atoms with van der Waals surface area (Å²) < 4.78 is 29.6. The molecular weight excluding hydrogens is 432 g/mol. The maximum atomic E-state index is 14.8. The van der Waals surface area contributed by atoms with Crippen molar-refractivity contribution in [1.82, 2.24) is 10.2 Å².